The zero-order chi connectivity index (χ0) is 16.3. The summed E-state index contributed by atoms with van der Waals surface area (Å²) < 4.78 is 24.3. The Labute approximate surface area is 156 Å². The predicted octanol–water partition coefficient (Wildman–Crippen LogP) is 1.34. The Hall–Kier alpha value is -0.870. The quantitative estimate of drug-likeness (QED) is 0.228. The maximum atomic E-state index is 10.9. The molecule has 1 rings (SSSR count). The lowest BCUT2D eigenvalue weighted by atomic mass is 10.1. The number of nitrogens with one attached hydrogen (secondary N) is 3. The van der Waals surface area contributed by atoms with Gasteiger partial charge in [-0.05, 0) is 25.3 Å². The molecule has 0 atom stereocenters. The number of benzene rings is 1. The van der Waals surface area contributed by atoms with Gasteiger partial charge in [0, 0.05) is 26.2 Å². The largest absolute Gasteiger partial charge is 0.357 e. The highest BCUT2D eigenvalue weighted by Crippen LogP contribution is 1.98. The van der Waals surface area contributed by atoms with Crippen molar-refractivity contribution >= 4 is 40.0 Å². The number of nitrogens with zero attached hydrogens (tertiary/aromatic N) is 1. The Morgan fingerprint density at radius 1 is 1.13 bits per heavy atom. The highest BCUT2D eigenvalue weighted by Gasteiger charge is 2.00. The van der Waals surface area contributed by atoms with Crippen LogP contribution in [0.4, 0.5) is 0 Å². The van der Waals surface area contributed by atoms with Gasteiger partial charge in [0.05, 0.1) is 6.26 Å². The molecule has 0 aromatic heterocycles. The van der Waals surface area contributed by atoms with Crippen LogP contribution in [0.1, 0.15) is 18.9 Å². The molecule has 0 spiro atoms. The van der Waals surface area contributed by atoms with Crippen molar-refractivity contribution in [2.45, 2.75) is 19.8 Å². The summed E-state index contributed by atoms with van der Waals surface area (Å²) in [5, 5.41) is 6.45. The second-order valence-corrected chi connectivity index (χ2v) is 6.78. The van der Waals surface area contributed by atoms with Gasteiger partial charge in [-0.15, -0.1) is 24.0 Å². The maximum Gasteiger partial charge on any atom is 0.208 e. The van der Waals surface area contributed by atoms with E-state index in [0.29, 0.717) is 19.5 Å². The van der Waals surface area contributed by atoms with Gasteiger partial charge >= 0.3 is 0 Å². The van der Waals surface area contributed by atoms with E-state index < -0.39 is 10.0 Å². The second-order valence-electron chi connectivity index (χ2n) is 4.94. The SMILES string of the molecule is CCNC(=NCCCNS(C)(=O)=O)NCCc1ccccc1.I. The molecule has 0 unspecified atom stereocenters. The summed E-state index contributed by atoms with van der Waals surface area (Å²) in [7, 11) is -3.11. The van der Waals surface area contributed by atoms with E-state index in [4.69, 9.17) is 0 Å². The van der Waals surface area contributed by atoms with Gasteiger partial charge in [0.1, 0.15) is 0 Å². The molecule has 1 aromatic rings. The van der Waals surface area contributed by atoms with Crippen molar-refractivity contribution in [1.82, 2.24) is 15.4 Å². The molecule has 0 aliphatic heterocycles. The van der Waals surface area contributed by atoms with E-state index in [2.05, 4.69) is 32.5 Å². The molecule has 0 bridgehead atoms. The van der Waals surface area contributed by atoms with Gasteiger partial charge in [-0.3, -0.25) is 4.99 Å². The van der Waals surface area contributed by atoms with E-state index in [-0.39, 0.29) is 24.0 Å². The molecule has 0 heterocycles. The number of guanidine groups is 1. The Balaban J connectivity index is 0.00000484. The van der Waals surface area contributed by atoms with Crippen LogP contribution in [0.3, 0.4) is 0 Å². The van der Waals surface area contributed by atoms with Gasteiger partial charge in [-0.2, -0.15) is 0 Å². The predicted molar refractivity (Wildman–Crippen MR) is 107 cm³/mol. The van der Waals surface area contributed by atoms with Crippen molar-refractivity contribution in [2.75, 3.05) is 32.4 Å². The number of hydrogen-bond donors (Lipinski definition) is 3. The van der Waals surface area contributed by atoms with E-state index in [1.165, 1.54) is 5.56 Å². The first-order chi connectivity index (χ1) is 10.5. The topological polar surface area (TPSA) is 82.6 Å². The summed E-state index contributed by atoms with van der Waals surface area (Å²) in [6.07, 6.45) is 2.76. The average Bonchev–Trinajstić information content (AvgIpc) is 2.47. The van der Waals surface area contributed by atoms with E-state index in [1.54, 1.807) is 0 Å². The monoisotopic (exact) mass is 454 g/mol. The molecule has 0 amide bonds. The molecular weight excluding hydrogens is 427 g/mol. The Kier molecular flexibility index (Phi) is 12.1. The van der Waals surface area contributed by atoms with Crippen LogP contribution >= 0.6 is 24.0 Å². The third-order valence-corrected chi connectivity index (χ3v) is 3.59. The molecule has 0 aliphatic rings. The molecule has 8 heteroatoms. The fraction of sp³-hybridized carbons (Fsp3) is 0.533. The summed E-state index contributed by atoms with van der Waals surface area (Å²) in [6, 6.07) is 10.3. The van der Waals surface area contributed by atoms with Crippen LogP contribution in [0.15, 0.2) is 35.3 Å². The molecule has 3 N–H and O–H groups in total. The minimum absolute atomic E-state index is 0. The number of aliphatic imine (C=N–C) groups is 1. The zero-order valence-corrected chi connectivity index (χ0v) is 16.9. The lowest BCUT2D eigenvalue weighted by molar-refractivity contribution is 0.585. The van der Waals surface area contributed by atoms with Crippen molar-refractivity contribution < 1.29 is 8.42 Å². The van der Waals surface area contributed by atoms with Crippen molar-refractivity contribution in [3.63, 3.8) is 0 Å². The first kappa shape index (κ1) is 22.1. The number of sulfonamides is 1. The van der Waals surface area contributed by atoms with Crippen LogP contribution in [0.5, 0.6) is 0 Å². The van der Waals surface area contributed by atoms with Crippen molar-refractivity contribution in [2.24, 2.45) is 4.99 Å². The summed E-state index contributed by atoms with van der Waals surface area (Å²) >= 11 is 0. The third-order valence-electron chi connectivity index (χ3n) is 2.86. The minimum Gasteiger partial charge on any atom is -0.357 e. The smallest absolute Gasteiger partial charge is 0.208 e. The first-order valence-corrected chi connectivity index (χ1v) is 9.41. The number of rotatable bonds is 9. The van der Waals surface area contributed by atoms with E-state index >= 15 is 0 Å². The summed E-state index contributed by atoms with van der Waals surface area (Å²) in [6.45, 7) is 4.59. The minimum atomic E-state index is -3.11. The molecule has 132 valence electrons. The van der Waals surface area contributed by atoms with Gasteiger partial charge < -0.3 is 10.6 Å². The van der Waals surface area contributed by atoms with Gasteiger partial charge in [0.2, 0.25) is 10.0 Å². The molecule has 0 aliphatic carbocycles. The van der Waals surface area contributed by atoms with E-state index in [9.17, 15) is 8.42 Å². The summed E-state index contributed by atoms with van der Waals surface area (Å²) in [5.74, 6) is 0.762. The van der Waals surface area contributed by atoms with Gasteiger partial charge in [0.15, 0.2) is 5.96 Å². The Morgan fingerprint density at radius 3 is 2.43 bits per heavy atom. The van der Waals surface area contributed by atoms with Crippen molar-refractivity contribution in [1.29, 1.82) is 0 Å². The van der Waals surface area contributed by atoms with Crippen molar-refractivity contribution in [3.05, 3.63) is 35.9 Å². The zero-order valence-electron chi connectivity index (χ0n) is 13.7. The van der Waals surface area contributed by atoms with Gasteiger partial charge in [-0.25, -0.2) is 13.1 Å². The highest BCUT2D eigenvalue weighted by molar-refractivity contribution is 14.0. The normalized spacial score (nSPS) is 11.7. The molecule has 23 heavy (non-hydrogen) atoms. The Bertz CT molecular complexity index is 550. The standard InChI is InChI=1S/C15H26N4O2S.HI/c1-3-16-15(17-11-7-12-19-22(2,20)21)18-13-10-14-8-5-4-6-9-14;/h4-6,8-9,19H,3,7,10-13H2,1-2H3,(H2,16,17,18);1H. The number of hydrogen-bond acceptors (Lipinski definition) is 3. The van der Waals surface area contributed by atoms with E-state index in [0.717, 1.165) is 31.7 Å². The van der Waals surface area contributed by atoms with Gasteiger partial charge in [-0.1, -0.05) is 30.3 Å². The van der Waals surface area contributed by atoms with E-state index in [1.807, 2.05) is 25.1 Å². The van der Waals surface area contributed by atoms with Crippen LogP contribution < -0.4 is 15.4 Å². The lowest BCUT2D eigenvalue weighted by Gasteiger charge is -2.11. The average molecular weight is 454 g/mol. The molecule has 0 fully saturated rings. The highest BCUT2D eigenvalue weighted by atomic mass is 127. The van der Waals surface area contributed by atoms with Crippen LogP contribution in [0, 0.1) is 0 Å². The second kappa shape index (κ2) is 12.5. The van der Waals surface area contributed by atoms with Crippen LogP contribution in [0.25, 0.3) is 0 Å². The summed E-state index contributed by atoms with van der Waals surface area (Å²) in [5.41, 5.74) is 1.28. The maximum absolute atomic E-state index is 10.9. The molecule has 6 nitrogen and oxygen atoms in total. The molecule has 1 aromatic carbocycles. The summed E-state index contributed by atoms with van der Waals surface area (Å²) in [4.78, 5) is 4.42. The molecule has 0 radical (unpaired) electrons. The fourth-order valence-electron chi connectivity index (χ4n) is 1.84. The molecular formula is C15H27IN4O2S. The molecule has 0 saturated heterocycles. The van der Waals surface area contributed by atoms with Crippen LogP contribution in [-0.4, -0.2) is 46.8 Å². The lowest BCUT2D eigenvalue weighted by Crippen LogP contribution is -2.38. The van der Waals surface area contributed by atoms with Crippen LogP contribution in [0.2, 0.25) is 0 Å². The fourth-order valence-corrected chi connectivity index (χ4v) is 2.35. The third kappa shape index (κ3) is 12.2. The first-order valence-electron chi connectivity index (χ1n) is 7.52. The van der Waals surface area contributed by atoms with Gasteiger partial charge in [0.25, 0.3) is 0 Å². The van der Waals surface area contributed by atoms with Crippen LogP contribution in [-0.2, 0) is 16.4 Å². The Morgan fingerprint density at radius 2 is 1.83 bits per heavy atom. The number of halogens is 1. The van der Waals surface area contributed by atoms with Crippen molar-refractivity contribution in [3.8, 4) is 0 Å². The molecule has 0 saturated carbocycles.